The van der Waals surface area contributed by atoms with Crippen LogP contribution in [0.4, 0.5) is 17.1 Å². The van der Waals surface area contributed by atoms with Crippen molar-refractivity contribution in [3.63, 3.8) is 0 Å². The third-order valence-electron chi connectivity index (χ3n) is 4.42. The first kappa shape index (κ1) is 19.8. The molecule has 1 aliphatic rings. The lowest BCUT2D eigenvalue weighted by Crippen LogP contribution is -2.18. The molecule has 3 aromatic rings. The van der Waals surface area contributed by atoms with E-state index in [0.29, 0.717) is 0 Å². The summed E-state index contributed by atoms with van der Waals surface area (Å²) >= 11 is 0. The molecule has 0 saturated heterocycles. The number of aryl methyl sites for hydroxylation is 1. The molecule has 1 nitrogen and oxygen atoms in total. The molecule has 3 aromatic carbocycles. The number of fused-ring (bicyclic) bond motifs is 2. The second kappa shape index (κ2) is 9.82. The SMILES string of the molecule is CC.CC.CCc1cccc(N2c3ccccc3Cc3ccccc32)c1. The summed E-state index contributed by atoms with van der Waals surface area (Å²) in [5.41, 5.74) is 8.01. The minimum absolute atomic E-state index is 1.01. The quantitative estimate of drug-likeness (QED) is 0.360. The van der Waals surface area contributed by atoms with Crippen molar-refractivity contribution in [2.45, 2.75) is 47.5 Å². The monoisotopic (exact) mass is 345 g/mol. The van der Waals surface area contributed by atoms with E-state index in [1.807, 2.05) is 27.7 Å². The fourth-order valence-corrected chi connectivity index (χ4v) is 3.29. The molecule has 1 heterocycles. The van der Waals surface area contributed by atoms with E-state index < -0.39 is 0 Å². The van der Waals surface area contributed by atoms with Crippen LogP contribution in [0, 0.1) is 0 Å². The van der Waals surface area contributed by atoms with Crippen molar-refractivity contribution < 1.29 is 0 Å². The number of nitrogens with zero attached hydrogens (tertiary/aromatic N) is 1. The van der Waals surface area contributed by atoms with Crippen molar-refractivity contribution in [2.24, 2.45) is 0 Å². The molecule has 0 aromatic heterocycles. The first-order chi connectivity index (χ1) is 12.9. The van der Waals surface area contributed by atoms with E-state index in [4.69, 9.17) is 0 Å². The summed E-state index contributed by atoms with van der Waals surface area (Å²) in [7, 11) is 0. The molecule has 4 rings (SSSR count). The Hall–Kier alpha value is -2.54. The lowest BCUT2D eigenvalue weighted by molar-refractivity contribution is 1.08. The van der Waals surface area contributed by atoms with Gasteiger partial charge in [0.25, 0.3) is 0 Å². The lowest BCUT2D eigenvalue weighted by Gasteiger charge is -2.33. The van der Waals surface area contributed by atoms with Crippen molar-refractivity contribution in [1.29, 1.82) is 0 Å². The predicted molar refractivity (Wildman–Crippen MR) is 116 cm³/mol. The fourth-order valence-electron chi connectivity index (χ4n) is 3.29. The van der Waals surface area contributed by atoms with Crippen LogP contribution in [-0.4, -0.2) is 0 Å². The van der Waals surface area contributed by atoms with Crippen LogP contribution in [0.3, 0.4) is 0 Å². The van der Waals surface area contributed by atoms with Gasteiger partial charge in [-0.3, -0.25) is 0 Å². The van der Waals surface area contributed by atoms with Gasteiger partial charge in [-0.1, -0.05) is 83.1 Å². The highest BCUT2D eigenvalue weighted by molar-refractivity contribution is 5.83. The number of para-hydroxylation sites is 2. The van der Waals surface area contributed by atoms with Crippen LogP contribution in [0.5, 0.6) is 0 Å². The molecule has 0 saturated carbocycles. The zero-order chi connectivity index (χ0) is 18.9. The third kappa shape index (κ3) is 3.99. The van der Waals surface area contributed by atoms with Gasteiger partial charge in [-0.05, 0) is 47.4 Å². The molecule has 0 amide bonds. The van der Waals surface area contributed by atoms with E-state index >= 15 is 0 Å². The minimum Gasteiger partial charge on any atom is -0.310 e. The molecule has 0 bridgehead atoms. The van der Waals surface area contributed by atoms with Gasteiger partial charge < -0.3 is 4.90 Å². The van der Waals surface area contributed by atoms with Gasteiger partial charge in [0.15, 0.2) is 0 Å². The Morgan fingerprint density at radius 1 is 0.692 bits per heavy atom. The molecule has 0 N–H and O–H groups in total. The van der Waals surface area contributed by atoms with Crippen LogP contribution < -0.4 is 4.90 Å². The first-order valence-corrected chi connectivity index (χ1v) is 9.91. The summed E-state index contributed by atoms with van der Waals surface area (Å²) in [6.45, 7) is 10.2. The summed E-state index contributed by atoms with van der Waals surface area (Å²) in [5.74, 6) is 0. The van der Waals surface area contributed by atoms with E-state index in [0.717, 1.165) is 12.8 Å². The van der Waals surface area contributed by atoms with E-state index in [2.05, 4.69) is 84.6 Å². The van der Waals surface area contributed by atoms with E-state index in [9.17, 15) is 0 Å². The second-order valence-electron chi connectivity index (χ2n) is 5.79. The zero-order valence-corrected chi connectivity index (χ0v) is 16.8. The molecule has 0 atom stereocenters. The van der Waals surface area contributed by atoms with Gasteiger partial charge in [-0.25, -0.2) is 0 Å². The van der Waals surface area contributed by atoms with Crippen LogP contribution in [0.1, 0.15) is 51.3 Å². The molecule has 0 aliphatic carbocycles. The normalized spacial score (nSPS) is 11.2. The second-order valence-corrected chi connectivity index (χ2v) is 5.79. The summed E-state index contributed by atoms with van der Waals surface area (Å²) < 4.78 is 0. The van der Waals surface area contributed by atoms with Crippen LogP contribution in [0.2, 0.25) is 0 Å². The Morgan fingerprint density at radius 2 is 1.23 bits per heavy atom. The van der Waals surface area contributed by atoms with E-state index in [1.165, 1.54) is 33.8 Å². The van der Waals surface area contributed by atoms with Crippen molar-refractivity contribution in [3.05, 3.63) is 89.5 Å². The Kier molecular flexibility index (Phi) is 7.47. The summed E-state index contributed by atoms with van der Waals surface area (Å²) in [4.78, 5) is 2.40. The van der Waals surface area contributed by atoms with Crippen LogP contribution in [-0.2, 0) is 12.8 Å². The average Bonchev–Trinajstić information content (AvgIpc) is 2.75. The highest BCUT2D eigenvalue weighted by Gasteiger charge is 2.23. The Balaban J connectivity index is 0.000000570. The number of hydrogen-bond donors (Lipinski definition) is 0. The minimum atomic E-state index is 1.01. The topological polar surface area (TPSA) is 3.24 Å². The summed E-state index contributed by atoms with van der Waals surface area (Å²) in [6, 6.07) is 26.3. The largest absolute Gasteiger partial charge is 0.310 e. The standard InChI is InChI=1S/C21H19N.2C2H6/c1-2-16-8-7-11-19(14-16)22-20-12-5-3-9-17(20)15-18-10-4-6-13-21(18)22;2*1-2/h3-14H,2,15H2,1H3;2*1-2H3. The fraction of sp³-hybridized carbons (Fsp3) is 0.280. The average molecular weight is 346 g/mol. The molecule has 0 spiro atoms. The Bertz CT molecular complexity index is 774. The molecule has 0 fully saturated rings. The molecular formula is C25H31N. The third-order valence-corrected chi connectivity index (χ3v) is 4.42. The molecule has 136 valence electrons. The smallest absolute Gasteiger partial charge is 0.0497 e. The van der Waals surface area contributed by atoms with E-state index in [1.54, 1.807) is 0 Å². The highest BCUT2D eigenvalue weighted by atomic mass is 15.2. The molecule has 1 heteroatoms. The van der Waals surface area contributed by atoms with Gasteiger partial charge in [0.1, 0.15) is 0 Å². The maximum Gasteiger partial charge on any atom is 0.0497 e. The number of anilines is 3. The van der Waals surface area contributed by atoms with Gasteiger partial charge in [0.05, 0.1) is 0 Å². The zero-order valence-electron chi connectivity index (χ0n) is 16.8. The van der Waals surface area contributed by atoms with Crippen molar-refractivity contribution in [1.82, 2.24) is 0 Å². The van der Waals surface area contributed by atoms with Crippen LogP contribution >= 0.6 is 0 Å². The summed E-state index contributed by atoms with van der Waals surface area (Å²) in [6.07, 6.45) is 2.07. The van der Waals surface area contributed by atoms with Gasteiger partial charge in [-0.15, -0.1) is 0 Å². The van der Waals surface area contributed by atoms with Gasteiger partial charge in [-0.2, -0.15) is 0 Å². The number of hydrogen-bond acceptors (Lipinski definition) is 1. The van der Waals surface area contributed by atoms with E-state index in [-0.39, 0.29) is 0 Å². The van der Waals surface area contributed by atoms with Gasteiger partial charge >= 0.3 is 0 Å². The van der Waals surface area contributed by atoms with Crippen LogP contribution in [0.25, 0.3) is 0 Å². The predicted octanol–water partition coefficient (Wildman–Crippen LogP) is 7.68. The molecular weight excluding hydrogens is 314 g/mol. The maximum absolute atomic E-state index is 2.40. The first-order valence-electron chi connectivity index (χ1n) is 9.91. The Morgan fingerprint density at radius 3 is 1.77 bits per heavy atom. The molecule has 0 radical (unpaired) electrons. The highest BCUT2D eigenvalue weighted by Crippen LogP contribution is 2.43. The molecule has 0 unspecified atom stereocenters. The maximum atomic E-state index is 2.40. The molecule has 1 aliphatic heterocycles. The van der Waals surface area contributed by atoms with Crippen molar-refractivity contribution in [3.8, 4) is 0 Å². The van der Waals surface area contributed by atoms with Gasteiger partial charge in [0, 0.05) is 23.5 Å². The number of rotatable bonds is 2. The van der Waals surface area contributed by atoms with Crippen molar-refractivity contribution >= 4 is 17.1 Å². The van der Waals surface area contributed by atoms with Crippen molar-refractivity contribution in [2.75, 3.05) is 4.90 Å². The number of benzene rings is 3. The molecule has 26 heavy (non-hydrogen) atoms. The lowest BCUT2D eigenvalue weighted by atomic mass is 9.95. The van der Waals surface area contributed by atoms with Gasteiger partial charge in [0.2, 0.25) is 0 Å². The Labute approximate surface area is 159 Å². The summed E-state index contributed by atoms with van der Waals surface area (Å²) in [5, 5.41) is 0. The van der Waals surface area contributed by atoms with Crippen LogP contribution in [0.15, 0.2) is 72.8 Å².